The van der Waals surface area contributed by atoms with Gasteiger partial charge in [0, 0.05) is 19.3 Å². The molecule has 0 aromatic rings. The minimum atomic E-state index is -0.764. The Balaban J connectivity index is 3.87. The Bertz CT molecular complexity index is 1290. The highest BCUT2D eigenvalue weighted by Gasteiger charge is 2.19. The summed E-state index contributed by atoms with van der Waals surface area (Å²) < 4.78 is 16.7. The van der Waals surface area contributed by atoms with E-state index in [1.54, 1.807) is 0 Å². The molecule has 72 heavy (non-hydrogen) atoms. The molecular formula is C66H118O6. The van der Waals surface area contributed by atoms with Crippen molar-refractivity contribution < 1.29 is 28.6 Å². The lowest BCUT2D eigenvalue weighted by Gasteiger charge is -2.18. The molecule has 0 aromatic carbocycles. The maximum absolute atomic E-state index is 12.8. The van der Waals surface area contributed by atoms with Gasteiger partial charge in [0.25, 0.3) is 0 Å². The van der Waals surface area contributed by atoms with Gasteiger partial charge in [-0.1, -0.05) is 300 Å². The summed E-state index contributed by atoms with van der Waals surface area (Å²) in [6.07, 6.45) is 77.2. The van der Waals surface area contributed by atoms with Crippen LogP contribution in [0.25, 0.3) is 0 Å². The highest BCUT2D eigenvalue weighted by Crippen LogP contribution is 2.17. The van der Waals surface area contributed by atoms with Crippen molar-refractivity contribution in [2.75, 3.05) is 13.2 Å². The van der Waals surface area contributed by atoms with Crippen LogP contribution in [0, 0.1) is 0 Å². The molecule has 0 aliphatic heterocycles. The number of carbonyl (C=O) groups excluding carboxylic acids is 3. The minimum Gasteiger partial charge on any atom is -0.462 e. The predicted octanol–water partition coefficient (Wildman–Crippen LogP) is 21.2. The SMILES string of the molecule is CC/C=C\C/C=C\C/C=C\C/C=C\C/C=C\CCCCCCCCCCCCCCCCCCCCCC(=O)OCC(COC(=O)CCCCCCC)OC(=O)CCCCCCCCCCCCCCCC. The molecule has 6 nitrogen and oxygen atoms in total. The van der Waals surface area contributed by atoms with Gasteiger partial charge in [-0.3, -0.25) is 14.4 Å². The van der Waals surface area contributed by atoms with Crippen LogP contribution >= 0.6 is 0 Å². The fraction of sp³-hybridized carbons (Fsp3) is 0.803. The molecular weight excluding hydrogens is 889 g/mol. The summed E-state index contributed by atoms with van der Waals surface area (Å²) in [4.78, 5) is 37.8. The van der Waals surface area contributed by atoms with Gasteiger partial charge in [0.1, 0.15) is 13.2 Å². The van der Waals surface area contributed by atoms with Crippen LogP contribution in [-0.4, -0.2) is 37.2 Å². The van der Waals surface area contributed by atoms with Crippen molar-refractivity contribution >= 4 is 17.9 Å². The summed E-state index contributed by atoms with van der Waals surface area (Å²) >= 11 is 0. The Hall–Kier alpha value is -2.89. The zero-order chi connectivity index (χ0) is 52.2. The molecule has 0 amide bonds. The first kappa shape index (κ1) is 69.1. The van der Waals surface area contributed by atoms with E-state index in [4.69, 9.17) is 14.2 Å². The number of carbonyl (C=O) groups is 3. The van der Waals surface area contributed by atoms with Crippen LogP contribution in [0.2, 0.25) is 0 Å². The van der Waals surface area contributed by atoms with Crippen LogP contribution in [-0.2, 0) is 28.6 Å². The van der Waals surface area contributed by atoms with Crippen LogP contribution in [0.1, 0.15) is 323 Å². The number of ether oxygens (including phenoxy) is 3. The summed E-state index contributed by atoms with van der Waals surface area (Å²) in [5.41, 5.74) is 0. The molecule has 0 radical (unpaired) electrons. The molecule has 0 aliphatic rings. The lowest BCUT2D eigenvalue weighted by molar-refractivity contribution is -0.167. The number of esters is 3. The molecule has 1 atom stereocenters. The fourth-order valence-electron chi connectivity index (χ4n) is 9.12. The van der Waals surface area contributed by atoms with E-state index in [1.807, 2.05) is 0 Å². The number of allylic oxidation sites excluding steroid dienone is 10. The van der Waals surface area contributed by atoms with Crippen molar-refractivity contribution in [2.45, 2.75) is 329 Å². The van der Waals surface area contributed by atoms with Crippen molar-refractivity contribution in [1.29, 1.82) is 0 Å². The molecule has 0 saturated heterocycles. The van der Waals surface area contributed by atoms with Crippen molar-refractivity contribution in [3.05, 3.63) is 60.8 Å². The highest BCUT2D eigenvalue weighted by atomic mass is 16.6. The minimum absolute atomic E-state index is 0.0681. The number of hydrogen-bond donors (Lipinski definition) is 0. The van der Waals surface area contributed by atoms with Crippen molar-refractivity contribution in [3.63, 3.8) is 0 Å². The van der Waals surface area contributed by atoms with Gasteiger partial charge in [-0.2, -0.15) is 0 Å². The zero-order valence-electron chi connectivity index (χ0n) is 47.9. The molecule has 0 fully saturated rings. The molecule has 0 bridgehead atoms. The third-order valence-electron chi connectivity index (χ3n) is 13.8. The van der Waals surface area contributed by atoms with E-state index in [9.17, 15) is 14.4 Å². The van der Waals surface area contributed by atoms with E-state index in [-0.39, 0.29) is 31.1 Å². The van der Waals surface area contributed by atoms with Gasteiger partial charge in [-0.25, -0.2) is 0 Å². The van der Waals surface area contributed by atoms with Gasteiger partial charge < -0.3 is 14.2 Å². The largest absolute Gasteiger partial charge is 0.462 e. The smallest absolute Gasteiger partial charge is 0.306 e. The number of rotatable bonds is 57. The second kappa shape index (κ2) is 60.7. The lowest BCUT2D eigenvalue weighted by Crippen LogP contribution is -2.30. The van der Waals surface area contributed by atoms with Crippen molar-refractivity contribution in [3.8, 4) is 0 Å². The Morgan fingerprint density at radius 1 is 0.292 bits per heavy atom. The van der Waals surface area contributed by atoms with E-state index >= 15 is 0 Å². The Labute approximate surface area is 447 Å². The monoisotopic (exact) mass is 1010 g/mol. The molecule has 0 rings (SSSR count). The molecule has 418 valence electrons. The first-order valence-corrected chi connectivity index (χ1v) is 31.3. The summed E-state index contributed by atoms with van der Waals surface area (Å²) in [7, 11) is 0. The molecule has 6 heteroatoms. The molecule has 0 heterocycles. The van der Waals surface area contributed by atoms with E-state index in [0.29, 0.717) is 19.3 Å². The van der Waals surface area contributed by atoms with Crippen LogP contribution < -0.4 is 0 Å². The molecule has 0 saturated carbocycles. The van der Waals surface area contributed by atoms with E-state index in [1.165, 1.54) is 186 Å². The Kier molecular flexibility index (Phi) is 58.2. The van der Waals surface area contributed by atoms with Crippen molar-refractivity contribution in [2.24, 2.45) is 0 Å². The molecule has 0 aromatic heterocycles. The number of unbranched alkanes of at least 4 members (excludes halogenated alkanes) is 36. The normalized spacial score (nSPS) is 12.4. The van der Waals surface area contributed by atoms with Crippen LogP contribution in [0.3, 0.4) is 0 Å². The molecule has 1 unspecified atom stereocenters. The van der Waals surface area contributed by atoms with E-state index in [0.717, 1.165) is 96.3 Å². The highest BCUT2D eigenvalue weighted by molar-refractivity contribution is 5.71. The maximum atomic E-state index is 12.8. The summed E-state index contributed by atoms with van der Waals surface area (Å²) in [5, 5.41) is 0. The van der Waals surface area contributed by atoms with Gasteiger partial charge >= 0.3 is 17.9 Å². The number of hydrogen-bond acceptors (Lipinski definition) is 6. The first-order chi connectivity index (χ1) is 35.5. The van der Waals surface area contributed by atoms with Crippen LogP contribution in [0.5, 0.6) is 0 Å². The fourth-order valence-corrected chi connectivity index (χ4v) is 9.12. The van der Waals surface area contributed by atoms with Gasteiger partial charge in [0.2, 0.25) is 0 Å². The average molecular weight is 1010 g/mol. The van der Waals surface area contributed by atoms with Gasteiger partial charge in [-0.05, 0) is 64.2 Å². The van der Waals surface area contributed by atoms with E-state index in [2.05, 4.69) is 81.5 Å². The van der Waals surface area contributed by atoms with Gasteiger partial charge in [-0.15, -0.1) is 0 Å². The maximum Gasteiger partial charge on any atom is 0.306 e. The molecule has 0 spiro atoms. The third kappa shape index (κ3) is 58.0. The lowest BCUT2D eigenvalue weighted by atomic mass is 10.0. The van der Waals surface area contributed by atoms with Crippen LogP contribution in [0.15, 0.2) is 60.8 Å². The van der Waals surface area contributed by atoms with Gasteiger partial charge in [0.15, 0.2) is 6.10 Å². The van der Waals surface area contributed by atoms with Crippen LogP contribution in [0.4, 0.5) is 0 Å². The first-order valence-electron chi connectivity index (χ1n) is 31.3. The predicted molar refractivity (Wildman–Crippen MR) is 312 cm³/mol. The standard InChI is InChI=1S/C66H118O6/c1-4-7-10-13-15-17-19-21-23-24-25-26-27-28-29-30-31-32-33-34-35-36-37-38-39-40-41-42-43-45-46-48-50-53-56-59-65(68)71-62-63(61-70-64(67)58-55-52-12-9-6-3)72-66(69)60-57-54-51-49-47-44-22-20-18-16-14-11-8-5-2/h7,10,15,17,21,23,25-26,28-29,63H,4-6,8-9,11-14,16,18-20,22,24,27,30-62H2,1-3H3/b10-7-,17-15-,23-21-,26-25-,29-28-. The Morgan fingerprint density at radius 2 is 0.542 bits per heavy atom. The topological polar surface area (TPSA) is 78.9 Å². The van der Waals surface area contributed by atoms with E-state index < -0.39 is 6.10 Å². The average Bonchev–Trinajstić information content (AvgIpc) is 3.38. The summed E-state index contributed by atoms with van der Waals surface area (Å²) in [5.74, 6) is -0.865. The quantitative estimate of drug-likeness (QED) is 0.0261. The Morgan fingerprint density at radius 3 is 0.847 bits per heavy atom. The molecule has 0 aliphatic carbocycles. The summed E-state index contributed by atoms with van der Waals surface area (Å²) in [6, 6.07) is 0. The second-order valence-corrected chi connectivity index (χ2v) is 21.0. The van der Waals surface area contributed by atoms with Crippen molar-refractivity contribution in [1.82, 2.24) is 0 Å². The third-order valence-corrected chi connectivity index (χ3v) is 13.8. The second-order valence-electron chi connectivity index (χ2n) is 21.0. The van der Waals surface area contributed by atoms with Gasteiger partial charge in [0.05, 0.1) is 0 Å². The summed E-state index contributed by atoms with van der Waals surface area (Å²) in [6.45, 7) is 6.48. The zero-order valence-corrected chi connectivity index (χ0v) is 47.9. The molecule has 0 N–H and O–H groups in total.